The fraction of sp³-hybridized carbons (Fsp3) is 0.400. The number of rotatable bonds is 11. The molecule has 0 spiro atoms. The number of aliphatic hydroxyl groups excluding tert-OH is 1. The molecule has 0 bridgehead atoms. The molecule has 176 valence electrons. The van der Waals surface area contributed by atoms with Crippen molar-refractivity contribution in [3.05, 3.63) is 59.7 Å². The van der Waals surface area contributed by atoms with E-state index in [1.807, 2.05) is 43.3 Å². The number of hydrogen-bond acceptors (Lipinski definition) is 5. The van der Waals surface area contributed by atoms with Crippen LogP contribution >= 0.6 is 0 Å². The Morgan fingerprint density at radius 2 is 1.61 bits per heavy atom. The van der Waals surface area contributed by atoms with E-state index in [1.54, 1.807) is 0 Å². The number of carbonyl (C=O) groups excluding carboxylic acids is 2. The van der Waals surface area contributed by atoms with Crippen molar-refractivity contribution in [2.24, 2.45) is 0 Å². The van der Waals surface area contributed by atoms with Crippen LogP contribution in [0.2, 0.25) is 0 Å². The average Bonchev–Trinajstić information content (AvgIpc) is 3.09. The summed E-state index contributed by atoms with van der Waals surface area (Å²) in [6, 6.07) is 15.6. The van der Waals surface area contributed by atoms with E-state index in [-0.39, 0.29) is 31.9 Å². The molecular weight excluding hydrogens is 424 g/mol. The Kier molecular flexibility index (Phi) is 8.43. The van der Waals surface area contributed by atoms with Gasteiger partial charge >= 0.3 is 12.1 Å². The molecule has 0 aliphatic heterocycles. The van der Waals surface area contributed by atoms with E-state index in [0.29, 0.717) is 6.42 Å². The topological polar surface area (TPSA) is 125 Å². The highest BCUT2D eigenvalue weighted by atomic mass is 16.5. The number of benzene rings is 2. The first-order chi connectivity index (χ1) is 15.9. The fourth-order valence-corrected chi connectivity index (χ4v) is 4.21. The molecule has 8 heteroatoms. The lowest BCUT2D eigenvalue weighted by atomic mass is 9.98. The minimum atomic E-state index is -1.11. The van der Waals surface area contributed by atoms with Crippen molar-refractivity contribution in [3.8, 4) is 11.1 Å². The first-order valence-corrected chi connectivity index (χ1v) is 11.2. The summed E-state index contributed by atoms with van der Waals surface area (Å²) in [6.45, 7) is 1.90. The monoisotopic (exact) mass is 454 g/mol. The molecule has 1 aliphatic rings. The summed E-state index contributed by atoms with van der Waals surface area (Å²) in [4.78, 5) is 35.2. The summed E-state index contributed by atoms with van der Waals surface area (Å²) < 4.78 is 5.41. The predicted octanol–water partition coefficient (Wildman–Crippen LogP) is 3.04. The van der Waals surface area contributed by atoms with Gasteiger partial charge in [-0.05, 0) is 28.7 Å². The standard InChI is InChI=1S/C25H30N2O6/c1-2-7-16(12-24(30)31)27-23(29)13-17(28)14-26-25(32)33-15-22-20-10-5-3-8-18(20)19-9-4-6-11-21(19)22/h3-6,8-11,16-17,22,28H,2,7,12-15H2,1H3,(H,26,32)(H,27,29)(H,30,31). The van der Waals surface area contributed by atoms with Crippen molar-refractivity contribution >= 4 is 18.0 Å². The largest absolute Gasteiger partial charge is 0.481 e. The van der Waals surface area contributed by atoms with Gasteiger partial charge in [-0.25, -0.2) is 4.79 Å². The second-order valence-corrected chi connectivity index (χ2v) is 8.22. The van der Waals surface area contributed by atoms with Crippen LogP contribution in [-0.4, -0.2) is 53.5 Å². The van der Waals surface area contributed by atoms with Gasteiger partial charge < -0.3 is 25.6 Å². The Hall–Kier alpha value is -3.39. The number of fused-ring (bicyclic) bond motifs is 3. The van der Waals surface area contributed by atoms with Crippen LogP contribution < -0.4 is 10.6 Å². The zero-order chi connectivity index (χ0) is 23.8. The quantitative estimate of drug-likeness (QED) is 0.414. The summed E-state index contributed by atoms with van der Waals surface area (Å²) in [5, 5.41) is 24.1. The van der Waals surface area contributed by atoms with Crippen LogP contribution in [0.15, 0.2) is 48.5 Å². The van der Waals surface area contributed by atoms with Crippen LogP contribution in [0.4, 0.5) is 4.79 Å². The summed E-state index contributed by atoms with van der Waals surface area (Å²) in [5.41, 5.74) is 4.47. The average molecular weight is 455 g/mol. The van der Waals surface area contributed by atoms with Gasteiger partial charge in [0.05, 0.1) is 18.9 Å². The molecule has 8 nitrogen and oxygen atoms in total. The smallest absolute Gasteiger partial charge is 0.407 e. The molecule has 2 atom stereocenters. The van der Waals surface area contributed by atoms with Crippen LogP contribution in [0.25, 0.3) is 11.1 Å². The number of amides is 2. The van der Waals surface area contributed by atoms with Gasteiger partial charge in [-0.2, -0.15) is 0 Å². The molecule has 0 saturated carbocycles. The molecule has 0 saturated heterocycles. The van der Waals surface area contributed by atoms with Gasteiger partial charge in [0.2, 0.25) is 5.91 Å². The number of aliphatic hydroxyl groups is 1. The lowest BCUT2D eigenvalue weighted by Gasteiger charge is -2.18. The molecule has 4 N–H and O–H groups in total. The van der Waals surface area contributed by atoms with E-state index in [4.69, 9.17) is 9.84 Å². The molecule has 3 rings (SSSR count). The molecule has 1 aliphatic carbocycles. The van der Waals surface area contributed by atoms with E-state index in [9.17, 15) is 19.5 Å². The van der Waals surface area contributed by atoms with Gasteiger partial charge in [-0.3, -0.25) is 9.59 Å². The van der Waals surface area contributed by atoms with Gasteiger partial charge in [0, 0.05) is 18.5 Å². The van der Waals surface area contributed by atoms with Crippen molar-refractivity contribution in [1.29, 1.82) is 0 Å². The van der Waals surface area contributed by atoms with Gasteiger partial charge in [-0.15, -0.1) is 0 Å². The van der Waals surface area contributed by atoms with E-state index >= 15 is 0 Å². The zero-order valence-electron chi connectivity index (χ0n) is 18.6. The maximum atomic E-state index is 12.2. The van der Waals surface area contributed by atoms with E-state index < -0.39 is 30.1 Å². The van der Waals surface area contributed by atoms with Crippen molar-refractivity contribution in [2.75, 3.05) is 13.2 Å². The molecule has 2 amide bonds. The lowest BCUT2D eigenvalue weighted by Crippen LogP contribution is -2.40. The molecule has 2 aromatic rings. The number of hydrogen-bond donors (Lipinski definition) is 4. The molecule has 0 fully saturated rings. The minimum absolute atomic E-state index is 0.0661. The van der Waals surface area contributed by atoms with E-state index in [2.05, 4.69) is 22.8 Å². The van der Waals surface area contributed by atoms with Crippen molar-refractivity contribution in [1.82, 2.24) is 10.6 Å². The molecule has 2 unspecified atom stereocenters. The highest BCUT2D eigenvalue weighted by molar-refractivity contribution is 5.79. The van der Waals surface area contributed by atoms with Crippen LogP contribution in [0.1, 0.15) is 49.7 Å². The van der Waals surface area contributed by atoms with Gasteiger partial charge in [0.25, 0.3) is 0 Å². The molecule has 0 aromatic heterocycles. The SMILES string of the molecule is CCCC(CC(=O)O)NC(=O)CC(O)CNC(=O)OCC1c2ccccc2-c2ccccc21. The third-order valence-electron chi connectivity index (χ3n) is 5.67. The maximum Gasteiger partial charge on any atom is 0.407 e. The van der Waals surface area contributed by atoms with Crippen molar-refractivity contribution < 1.29 is 29.3 Å². The number of ether oxygens (including phenoxy) is 1. The normalized spacial score (nSPS) is 14.0. The number of nitrogens with one attached hydrogen (secondary N) is 2. The fourth-order valence-electron chi connectivity index (χ4n) is 4.21. The molecule has 0 radical (unpaired) electrons. The summed E-state index contributed by atoms with van der Waals surface area (Å²) in [6.07, 6.45) is -0.948. The van der Waals surface area contributed by atoms with Crippen molar-refractivity contribution in [2.45, 2.75) is 50.7 Å². The third-order valence-corrected chi connectivity index (χ3v) is 5.67. The number of aliphatic carboxylic acids is 1. The van der Waals surface area contributed by atoms with E-state index in [1.165, 1.54) is 0 Å². The highest BCUT2D eigenvalue weighted by Gasteiger charge is 2.29. The van der Waals surface area contributed by atoms with Gasteiger partial charge in [0.1, 0.15) is 6.61 Å². The summed E-state index contributed by atoms with van der Waals surface area (Å²) in [7, 11) is 0. The second-order valence-electron chi connectivity index (χ2n) is 8.22. The number of carbonyl (C=O) groups is 3. The predicted molar refractivity (Wildman–Crippen MR) is 123 cm³/mol. The summed E-state index contributed by atoms with van der Waals surface area (Å²) in [5.74, 6) is -1.52. The molecule has 2 aromatic carbocycles. The molecule has 33 heavy (non-hydrogen) atoms. The van der Waals surface area contributed by atoms with Gasteiger partial charge in [-0.1, -0.05) is 61.9 Å². The Balaban J connectivity index is 1.45. The van der Waals surface area contributed by atoms with E-state index in [0.717, 1.165) is 28.7 Å². The Morgan fingerprint density at radius 3 is 2.18 bits per heavy atom. The maximum absolute atomic E-state index is 12.2. The first-order valence-electron chi connectivity index (χ1n) is 11.2. The minimum Gasteiger partial charge on any atom is -0.481 e. The van der Waals surface area contributed by atoms with Crippen LogP contribution in [0.3, 0.4) is 0 Å². The third kappa shape index (κ3) is 6.55. The van der Waals surface area contributed by atoms with Gasteiger partial charge in [0.15, 0.2) is 0 Å². The second kappa shape index (κ2) is 11.5. The van der Waals surface area contributed by atoms with Crippen molar-refractivity contribution in [3.63, 3.8) is 0 Å². The zero-order valence-corrected chi connectivity index (χ0v) is 18.6. The Morgan fingerprint density at radius 1 is 1.00 bits per heavy atom. The first kappa shape index (κ1) is 24.3. The van der Waals surface area contributed by atoms with Crippen LogP contribution in [0, 0.1) is 0 Å². The Labute approximate surface area is 193 Å². The number of carboxylic acids is 1. The van der Waals surface area contributed by atoms with Crippen LogP contribution in [-0.2, 0) is 14.3 Å². The summed E-state index contributed by atoms with van der Waals surface area (Å²) >= 11 is 0. The lowest BCUT2D eigenvalue weighted by molar-refractivity contribution is -0.137. The number of carboxylic acid groups (broad SMARTS) is 1. The Bertz CT molecular complexity index is 947. The molecule has 0 heterocycles. The molecular formula is C25H30N2O6. The van der Waals surface area contributed by atoms with Crippen LogP contribution in [0.5, 0.6) is 0 Å². The number of alkyl carbamates (subject to hydrolysis) is 1. The highest BCUT2D eigenvalue weighted by Crippen LogP contribution is 2.44.